The molecule has 0 atom stereocenters. The van der Waals surface area contributed by atoms with E-state index in [0.29, 0.717) is 11.5 Å². The summed E-state index contributed by atoms with van der Waals surface area (Å²) in [6, 6.07) is 10.6. The number of benzene rings is 2. The maximum Gasteiger partial charge on any atom is 0.273 e. The van der Waals surface area contributed by atoms with Crippen LogP contribution in [0.3, 0.4) is 0 Å². The summed E-state index contributed by atoms with van der Waals surface area (Å²) >= 11 is 0. The van der Waals surface area contributed by atoms with Crippen LogP contribution in [0.25, 0.3) is 0 Å². The smallest absolute Gasteiger partial charge is 0.273 e. The molecule has 0 bridgehead atoms. The van der Waals surface area contributed by atoms with E-state index in [1.54, 1.807) is 6.07 Å². The van der Waals surface area contributed by atoms with E-state index in [0.717, 1.165) is 23.2 Å². The maximum absolute atomic E-state index is 10.9. The average molecular weight is 286 g/mol. The van der Waals surface area contributed by atoms with Crippen molar-refractivity contribution in [2.45, 2.75) is 20.4 Å². The molecule has 0 aliphatic rings. The summed E-state index contributed by atoms with van der Waals surface area (Å²) in [6.07, 6.45) is 0. The Hall–Kier alpha value is -2.40. The highest BCUT2D eigenvalue weighted by Crippen LogP contribution is 2.31. The van der Waals surface area contributed by atoms with Crippen LogP contribution in [0.2, 0.25) is 0 Å². The molecule has 0 amide bonds. The first-order valence-electron chi connectivity index (χ1n) is 6.68. The lowest BCUT2D eigenvalue weighted by atomic mass is 10.1. The van der Waals surface area contributed by atoms with Crippen LogP contribution in [0.1, 0.15) is 16.7 Å². The highest BCUT2D eigenvalue weighted by atomic mass is 16.6. The number of nitrogens with zero attached hydrogens (tertiary/aromatic N) is 1. The van der Waals surface area contributed by atoms with Crippen LogP contribution in [0.4, 0.5) is 5.69 Å². The number of hydrogen-bond acceptors (Lipinski definition) is 4. The van der Waals surface area contributed by atoms with Crippen molar-refractivity contribution < 1.29 is 9.66 Å². The van der Waals surface area contributed by atoms with Gasteiger partial charge in [-0.15, -0.1) is 0 Å². The number of non-ortho nitro benzene ring substituents is 1. The van der Waals surface area contributed by atoms with Crippen LogP contribution >= 0.6 is 0 Å². The van der Waals surface area contributed by atoms with Crippen molar-refractivity contribution in [2.24, 2.45) is 0 Å². The monoisotopic (exact) mass is 286 g/mol. The first-order valence-corrected chi connectivity index (χ1v) is 6.68. The predicted octanol–water partition coefficient (Wildman–Crippen LogP) is 3.72. The molecule has 2 aromatic rings. The van der Waals surface area contributed by atoms with E-state index < -0.39 is 4.92 Å². The minimum absolute atomic E-state index is 0.0274. The molecular weight excluding hydrogens is 268 g/mol. The maximum atomic E-state index is 10.9. The Kier molecular flexibility index (Phi) is 4.55. The molecule has 0 spiro atoms. The Balaban J connectivity index is 2.35. The second kappa shape index (κ2) is 6.37. The van der Waals surface area contributed by atoms with Gasteiger partial charge in [-0.25, -0.2) is 0 Å². The van der Waals surface area contributed by atoms with Crippen molar-refractivity contribution in [1.29, 1.82) is 0 Å². The summed E-state index contributed by atoms with van der Waals surface area (Å²) in [5.41, 5.74) is 2.97. The van der Waals surface area contributed by atoms with Crippen molar-refractivity contribution in [3.05, 3.63) is 63.2 Å². The van der Waals surface area contributed by atoms with Gasteiger partial charge in [0.05, 0.1) is 11.0 Å². The lowest BCUT2D eigenvalue weighted by Gasteiger charge is -2.12. The standard InChI is InChI=1S/C16H18N2O3/c1-11-4-6-13(10-17-3)8-15(11)21-16-9-14(18(19)20)7-5-12(16)2/h4-9,17H,10H2,1-3H3. The van der Waals surface area contributed by atoms with Gasteiger partial charge < -0.3 is 10.1 Å². The largest absolute Gasteiger partial charge is 0.457 e. The number of rotatable bonds is 5. The third-order valence-corrected chi connectivity index (χ3v) is 3.24. The van der Waals surface area contributed by atoms with Gasteiger partial charge in [-0.2, -0.15) is 0 Å². The Morgan fingerprint density at radius 1 is 1.10 bits per heavy atom. The summed E-state index contributed by atoms with van der Waals surface area (Å²) in [5.74, 6) is 1.22. The molecule has 0 saturated heterocycles. The van der Waals surface area contributed by atoms with Gasteiger partial charge in [0.25, 0.3) is 5.69 Å². The van der Waals surface area contributed by atoms with Crippen molar-refractivity contribution in [1.82, 2.24) is 5.32 Å². The number of aryl methyl sites for hydroxylation is 2. The molecule has 2 rings (SSSR count). The molecule has 0 aromatic heterocycles. The van der Waals surface area contributed by atoms with E-state index in [9.17, 15) is 10.1 Å². The molecule has 0 unspecified atom stereocenters. The van der Waals surface area contributed by atoms with Crippen LogP contribution in [-0.2, 0) is 6.54 Å². The molecule has 0 aliphatic carbocycles. The van der Waals surface area contributed by atoms with Crippen LogP contribution in [0, 0.1) is 24.0 Å². The normalized spacial score (nSPS) is 10.4. The highest BCUT2D eigenvalue weighted by Gasteiger charge is 2.11. The zero-order chi connectivity index (χ0) is 15.4. The fourth-order valence-corrected chi connectivity index (χ4v) is 2.00. The molecule has 0 aliphatic heterocycles. The SMILES string of the molecule is CNCc1ccc(C)c(Oc2cc([N+](=O)[O-])ccc2C)c1. The van der Waals surface area contributed by atoms with Gasteiger partial charge in [0.15, 0.2) is 0 Å². The number of nitrogens with one attached hydrogen (secondary N) is 1. The summed E-state index contributed by atoms with van der Waals surface area (Å²) < 4.78 is 5.89. The first-order chi connectivity index (χ1) is 10.0. The van der Waals surface area contributed by atoms with E-state index in [4.69, 9.17) is 4.74 Å². The van der Waals surface area contributed by atoms with Crippen molar-refractivity contribution in [3.8, 4) is 11.5 Å². The Labute approximate surface area is 123 Å². The quantitative estimate of drug-likeness (QED) is 0.672. The number of hydrogen-bond donors (Lipinski definition) is 1. The van der Waals surface area contributed by atoms with Crippen LogP contribution in [0.5, 0.6) is 11.5 Å². The van der Waals surface area contributed by atoms with E-state index in [1.807, 2.05) is 39.1 Å². The molecular formula is C16H18N2O3. The number of ether oxygens (including phenoxy) is 1. The van der Waals surface area contributed by atoms with Gasteiger partial charge in [0, 0.05) is 12.6 Å². The zero-order valence-electron chi connectivity index (χ0n) is 12.3. The summed E-state index contributed by atoms with van der Waals surface area (Å²) in [5, 5.41) is 13.9. The summed E-state index contributed by atoms with van der Waals surface area (Å²) in [6.45, 7) is 4.56. The summed E-state index contributed by atoms with van der Waals surface area (Å²) in [4.78, 5) is 10.4. The van der Waals surface area contributed by atoms with Crippen LogP contribution < -0.4 is 10.1 Å². The zero-order valence-corrected chi connectivity index (χ0v) is 12.3. The molecule has 5 heteroatoms. The van der Waals surface area contributed by atoms with Gasteiger partial charge >= 0.3 is 0 Å². The molecule has 0 heterocycles. The second-order valence-corrected chi connectivity index (χ2v) is 4.94. The van der Waals surface area contributed by atoms with Crippen molar-refractivity contribution >= 4 is 5.69 Å². The lowest BCUT2D eigenvalue weighted by Crippen LogP contribution is -2.05. The first kappa shape index (κ1) is 15.0. The number of nitro benzene ring substituents is 1. The Bertz CT molecular complexity index is 669. The van der Waals surface area contributed by atoms with E-state index in [-0.39, 0.29) is 5.69 Å². The minimum Gasteiger partial charge on any atom is -0.457 e. The Morgan fingerprint density at radius 2 is 1.71 bits per heavy atom. The van der Waals surface area contributed by atoms with Crippen LogP contribution in [0.15, 0.2) is 36.4 Å². The van der Waals surface area contributed by atoms with Gasteiger partial charge in [0.2, 0.25) is 0 Å². The molecule has 0 radical (unpaired) electrons. The van der Waals surface area contributed by atoms with E-state index in [2.05, 4.69) is 5.32 Å². The topological polar surface area (TPSA) is 64.4 Å². The summed E-state index contributed by atoms with van der Waals surface area (Å²) in [7, 11) is 1.88. The molecule has 5 nitrogen and oxygen atoms in total. The lowest BCUT2D eigenvalue weighted by molar-refractivity contribution is -0.384. The second-order valence-electron chi connectivity index (χ2n) is 4.94. The molecule has 2 aromatic carbocycles. The average Bonchev–Trinajstić information content (AvgIpc) is 2.45. The third kappa shape index (κ3) is 3.58. The molecule has 0 saturated carbocycles. The third-order valence-electron chi connectivity index (χ3n) is 3.24. The van der Waals surface area contributed by atoms with E-state index >= 15 is 0 Å². The van der Waals surface area contributed by atoms with Crippen molar-refractivity contribution in [2.75, 3.05) is 7.05 Å². The molecule has 1 N–H and O–H groups in total. The fraction of sp³-hybridized carbons (Fsp3) is 0.250. The predicted molar refractivity (Wildman–Crippen MR) is 81.9 cm³/mol. The number of nitro groups is 1. The van der Waals surface area contributed by atoms with Gasteiger partial charge in [0.1, 0.15) is 11.5 Å². The van der Waals surface area contributed by atoms with Gasteiger partial charge in [-0.1, -0.05) is 12.1 Å². The highest BCUT2D eigenvalue weighted by molar-refractivity contribution is 5.47. The van der Waals surface area contributed by atoms with Gasteiger partial charge in [-0.05, 0) is 49.7 Å². The molecule has 110 valence electrons. The minimum atomic E-state index is -0.420. The van der Waals surface area contributed by atoms with E-state index in [1.165, 1.54) is 12.1 Å². The Morgan fingerprint density at radius 3 is 2.33 bits per heavy atom. The fourth-order valence-electron chi connectivity index (χ4n) is 2.00. The van der Waals surface area contributed by atoms with Crippen LogP contribution in [-0.4, -0.2) is 12.0 Å². The molecule has 21 heavy (non-hydrogen) atoms. The van der Waals surface area contributed by atoms with Gasteiger partial charge in [-0.3, -0.25) is 10.1 Å². The molecule has 0 fully saturated rings. The van der Waals surface area contributed by atoms with Crippen molar-refractivity contribution in [3.63, 3.8) is 0 Å².